The first kappa shape index (κ1) is 20.9. The van der Waals surface area contributed by atoms with E-state index in [1.807, 2.05) is 25.5 Å². The summed E-state index contributed by atoms with van der Waals surface area (Å²) in [7, 11) is 3.66. The summed E-state index contributed by atoms with van der Waals surface area (Å²) in [6.07, 6.45) is 3.14. The molecule has 2 aliphatic rings. The predicted molar refractivity (Wildman–Crippen MR) is 108 cm³/mol. The molecule has 164 valence electrons. The molecule has 11 nitrogen and oxygen atoms in total. The molecule has 4 atom stereocenters. The number of carbonyl (C=O) groups is 1. The van der Waals surface area contributed by atoms with E-state index in [2.05, 4.69) is 25.2 Å². The van der Waals surface area contributed by atoms with Gasteiger partial charge in [0.1, 0.15) is 30.2 Å². The molecule has 1 amide bonds. The zero-order chi connectivity index (χ0) is 21.5. The van der Waals surface area contributed by atoms with Gasteiger partial charge in [0.15, 0.2) is 23.5 Å². The van der Waals surface area contributed by atoms with Crippen molar-refractivity contribution in [2.24, 2.45) is 0 Å². The van der Waals surface area contributed by atoms with Crippen LogP contribution >= 0.6 is 0 Å². The summed E-state index contributed by atoms with van der Waals surface area (Å²) < 4.78 is 20.6. The molecule has 0 saturated carbocycles. The molecule has 0 bridgehead atoms. The average Bonchev–Trinajstić information content (AvgIpc) is 3.34. The van der Waals surface area contributed by atoms with Gasteiger partial charge in [-0.05, 0) is 33.9 Å². The molecule has 2 aromatic rings. The van der Waals surface area contributed by atoms with Gasteiger partial charge in [-0.3, -0.25) is 9.36 Å². The van der Waals surface area contributed by atoms with Crippen LogP contribution in [0.15, 0.2) is 12.7 Å². The van der Waals surface area contributed by atoms with E-state index in [1.54, 1.807) is 13.4 Å². The van der Waals surface area contributed by atoms with Gasteiger partial charge in [-0.1, -0.05) is 0 Å². The largest absolute Gasteiger partial charge is 0.382 e. The Balaban J connectivity index is 1.51. The van der Waals surface area contributed by atoms with Gasteiger partial charge in [0.05, 0.1) is 6.33 Å². The number of aromatic nitrogens is 4. The highest BCUT2D eigenvalue weighted by Crippen LogP contribution is 2.43. The quantitative estimate of drug-likeness (QED) is 0.650. The molecule has 30 heavy (non-hydrogen) atoms. The SMILES string of the molecule is CNC(=O)CCCN(C)CC1OC(n2cnc3c(N)ncnc32)[C@@H]2OC(C)(C)O[C@H]12. The molecule has 11 heteroatoms. The third-order valence-electron chi connectivity index (χ3n) is 5.50. The summed E-state index contributed by atoms with van der Waals surface area (Å²) in [6, 6.07) is 0. The van der Waals surface area contributed by atoms with E-state index in [0.29, 0.717) is 29.9 Å². The van der Waals surface area contributed by atoms with Crippen LogP contribution in [0.2, 0.25) is 0 Å². The maximum atomic E-state index is 11.4. The Morgan fingerprint density at radius 2 is 2.07 bits per heavy atom. The van der Waals surface area contributed by atoms with Crippen LogP contribution < -0.4 is 11.1 Å². The Kier molecular flexibility index (Phi) is 5.62. The fraction of sp³-hybridized carbons (Fsp3) is 0.684. The topological polar surface area (TPSA) is 130 Å². The van der Waals surface area contributed by atoms with Crippen molar-refractivity contribution in [1.29, 1.82) is 0 Å². The number of amides is 1. The number of nitrogens with one attached hydrogen (secondary N) is 1. The molecule has 0 radical (unpaired) electrons. The Labute approximate surface area is 174 Å². The van der Waals surface area contributed by atoms with E-state index in [1.165, 1.54) is 6.33 Å². The number of carbonyl (C=O) groups excluding carboxylic acids is 1. The number of nitrogen functional groups attached to an aromatic ring is 1. The lowest BCUT2D eigenvalue weighted by molar-refractivity contribution is -0.197. The number of nitrogens with two attached hydrogens (primary N) is 1. The number of hydrogen-bond donors (Lipinski definition) is 2. The number of hydrogen-bond acceptors (Lipinski definition) is 9. The van der Waals surface area contributed by atoms with Gasteiger partial charge < -0.3 is 30.2 Å². The smallest absolute Gasteiger partial charge is 0.219 e. The number of likely N-dealkylation sites (N-methyl/N-ethyl adjacent to an activating group) is 1. The second kappa shape index (κ2) is 8.06. The fourth-order valence-corrected chi connectivity index (χ4v) is 4.12. The van der Waals surface area contributed by atoms with Gasteiger partial charge in [0.25, 0.3) is 0 Å². The van der Waals surface area contributed by atoms with E-state index in [-0.39, 0.29) is 24.2 Å². The Morgan fingerprint density at radius 1 is 1.30 bits per heavy atom. The number of rotatable bonds is 7. The molecule has 4 heterocycles. The monoisotopic (exact) mass is 419 g/mol. The van der Waals surface area contributed by atoms with Crippen LogP contribution in [0.1, 0.15) is 32.9 Å². The van der Waals surface area contributed by atoms with E-state index in [0.717, 1.165) is 13.0 Å². The molecule has 2 saturated heterocycles. The minimum atomic E-state index is -0.711. The minimum absolute atomic E-state index is 0.0446. The van der Waals surface area contributed by atoms with E-state index in [4.69, 9.17) is 19.9 Å². The standard InChI is InChI=1S/C19H29N7O4/c1-19(2)29-14-11(8-25(4)7-5-6-12(27)21-3)28-18(15(14)30-19)26-10-24-13-16(20)22-9-23-17(13)26/h9-11,14-15,18H,5-8H2,1-4H3,(H,21,27)(H2,20,22,23)/t11?,14-,15-,18?/m1/s1. The highest BCUT2D eigenvalue weighted by atomic mass is 16.8. The number of nitrogens with zero attached hydrogens (tertiary/aromatic N) is 5. The van der Waals surface area contributed by atoms with Crippen LogP contribution in [0.25, 0.3) is 11.2 Å². The summed E-state index contributed by atoms with van der Waals surface area (Å²) >= 11 is 0. The molecule has 2 aromatic heterocycles. The van der Waals surface area contributed by atoms with Crippen LogP contribution in [-0.2, 0) is 19.0 Å². The van der Waals surface area contributed by atoms with Gasteiger partial charge in [-0.2, -0.15) is 0 Å². The van der Waals surface area contributed by atoms with Crippen molar-refractivity contribution in [3.05, 3.63) is 12.7 Å². The van der Waals surface area contributed by atoms with Crippen molar-refractivity contribution < 1.29 is 19.0 Å². The van der Waals surface area contributed by atoms with Crippen LogP contribution in [-0.4, -0.2) is 81.6 Å². The number of imidazole rings is 1. The summed E-state index contributed by atoms with van der Waals surface area (Å²) in [6.45, 7) is 5.23. The number of anilines is 1. The number of fused-ring (bicyclic) bond motifs is 2. The molecule has 0 aliphatic carbocycles. The lowest BCUT2D eigenvalue weighted by Crippen LogP contribution is -2.39. The highest BCUT2D eigenvalue weighted by Gasteiger charge is 2.56. The number of ether oxygens (including phenoxy) is 3. The summed E-state index contributed by atoms with van der Waals surface area (Å²) in [5, 5.41) is 2.64. The third kappa shape index (κ3) is 3.97. The molecule has 2 fully saturated rings. The maximum Gasteiger partial charge on any atom is 0.219 e. The zero-order valence-electron chi connectivity index (χ0n) is 17.7. The summed E-state index contributed by atoms with van der Waals surface area (Å²) in [4.78, 5) is 26.3. The van der Waals surface area contributed by atoms with Crippen molar-refractivity contribution in [2.45, 2.75) is 57.0 Å². The Bertz CT molecular complexity index is 917. The highest BCUT2D eigenvalue weighted by molar-refractivity contribution is 5.81. The molecule has 2 aliphatic heterocycles. The van der Waals surface area contributed by atoms with Gasteiger partial charge in [-0.15, -0.1) is 0 Å². The third-order valence-corrected chi connectivity index (χ3v) is 5.50. The molecule has 0 aromatic carbocycles. The van der Waals surface area contributed by atoms with E-state index < -0.39 is 12.0 Å². The predicted octanol–water partition coefficient (Wildman–Crippen LogP) is 0.284. The minimum Gasteiger partial charge on any atom is -0.382 e. The van der Waals surface area contributed by atoms with Crippen molar-refractivity contribution in [3.63, 3.8) is 0 Å². The van der Waals surface area contributed by atoms with Crippen molar-refractivity contribution in [3.8, 4) is 0 Å². The molecule has 4 rings (SSSR count). The Morgan fingerprint density at radius 3 is 2.83 bits per heavy atom. The first-order valence-corrected chi connectivity index (χ1v) is 10.1. The van der Waals surface area contributed by atoms with Gasteiger partial charge in [-0.25, -0.2) is 15.0 Å². The maximum absolute atomic E-state index is 11.4. The lowest BCUT2D eigenvalue weighted by atomic mass is 10.1. The summed E-state index contributed by atoms with van der Waals surface area (Å²) in [5.41, 5.74) is 7.06. The average molecular weight is 419 g/mol. The fourth-order valence-electron chi connectivity index (χ4n) is 4.12. The first-order valence-electron chi connectivity index (χ1n) is 10.1. The van der Waals surface area contributed by atoms with Crippen LogP contribution in [0, 0.1) is 0 Å². The molecular weight excluding hydrogens is 390 g/mol. The van der Waals surface area contributed by atoms with Gasteiger partial charge in [0.2, 0.25) is 5.91 Å². The normalized spacial score (nSPS) is 27.6. The van der Waals surface area contributed by atoms with Crippen LogP contribution in [0.3, 0.4) is 0 Å². The molecule has 0 spiro atoms. The van der Waals surface area contributed by atoms with Crippen LogP contribution in [0.5, 0.6) is 0 Å². The van der Waals surface area contributed by atoms with Crippen molar-refractivity contribution in [1.82, 2.24) is 29.7 Å². The van der Waals surface area contributed by atoms with Gasteiger partial charge >= 0.3 is 0 Å². The first-order chi connectivity index (χ1) is 14.3. The van der Waals surface area contributed by atoms with E-state index >= 15 is 0 Å². The molecule has 2 unspecified atom stereocenters. The molecular formula is C19H29N7O4. The second-order valence-electron chi connectivity index (χ2n) is 8.25. The lowest BCUT2D eigenvalue weighted by Gasteiger charge is -2.27. The Hall–Kier alpha value is -2.34. The zero-order valence-corrected chi connectivity index (χ0v) is 17.7. The van der Waals surface area contributed by atoms with Crippen LogP contribution in [0.4, 0.5) is 5.82 Å². The summed E-state index contributed by atoms with van der Waals surface area (Å²) in [5.74, 6) is -0.342. The van der Waals surface area contributed by atoms with Gasteiger partial charge in [0, 0.05) is 20.0 Å². The van der Waals surface area contributed by atoms with E-state index in [9.17, 15) is 4.79 Å². The second-order valence-corrected chi connectivity index (χ2v) is 8.25. The van der Waals surface area contributed by atoms with Crippen molar-refractivity contribution in [2.75, 3.05) is 32.9 Å². The van der Waals surface area contributed by atoms with Crippen molar-refractivity contribution >= 4 is 22.9 Å². The molecule has 3 N–H and O–H groups in total.